The summed E-state index contributed by atoms with van der Waals surface area (Å²) in [6.07, 6.45) is 0.705. The van der Waals surface area contributed by atoms with E-state index >= 15 is 0 Å². The molecule has 0 aromatic carbocycles. The smallest absolute Gasteiger partial charge is 0.372 e. The molecule has 0 saturated carbocycles. The monoisotopic (exact) mass is 179 g/mol. The molecule has 0 spiro atoms. The van der Waals surface area contributed by atoms with Crippen LogP contribution in [0.3, 0.4) is 0 Å². The highest BCUT2D eigenvalue weighted by atomic mass is 16.4. The van der Waals surface area contributed by atoms with Crippen LogP contribution in [-0.4, -0.2) is 11.1 Å². The Morgan fingerprint density at radius 1 is 1.77 bits per heavy atom. The number of nitriles is 1. The number of hydrogen-bond acceptors (Lipinski definition) is 3. The summed E-state index contributed by atoms with van der Waals surface area (Å²) in [5, 5.41) is 17.1. The second-order valence-electron chi connectivity index (χ2n) is 2.56. The predicted molar refractivity (Wildman–Crippen MR) is 44.4 cm³/mol. The molecule has 0 unspecified atom stereocenters. The Hall–Kier alpha value is -1.76. The first-order chi connectivity index (χ1) is 6.19. The number of carboxylic acids is 1. The minimum atomic E-state index is -1.08. The number of aryl methyl sites for hydroxylation is 1. The molecule has 4 heteroatoms. The standard InChI is InChI=1S/C9H9NO3/c1-2-6-5-7(3-4-10)13-8(6)9(11)12/h5H,2-3H2,1H3,(H,11,12). The van der Waals surface area contributed by atoms with Crippen molar-refractivity contribution in [2.45, 2.75) is 19.8 Å². The minimum absolute atomic E-state index is 0.0484. The summed E-state index contributed by atoms with van der Waals surface area (Å²) in [6.45, 7) is 1.84. The molecule has 1 rings (SSSR count). The van der Waals surface area contributed by atoms with Crippen molar-refractivity contribution in [2.75, 3.05) is 0 Å². The fourth-order valence-electron chi connectivity index (χ4n) is 1.09. The molecular weight excluding hydrogens is 170 g/mol. The van der Waals surface area contributed by atoms with E-state index in [4.69, 9.17) is 14.8 Å². The highest BCUT2D eigenvalue weighted by Gasteiger charge is 2.15. The molecule has 1 aromatic rings. The highest BCUT2D eigenvalue weighted by Crippen LogP contribution is 2.16. The van der Waals surface area contributed by atoms with Crippen molar-refractivity contribution in [1.29, 1.82) is 5.26 Å². The van der Waals surface area contributed by atoms with Gasteiger partial charge in [0.05, 0.1) is 12.5 Å². The summed E-state index contributed by atoms with van der Waals surface area (Å²) in [6, 6.07) is 3.52. The average Bonchev–Trinajstić information content (AvgIpc) is 2.48. The maximum absolute atomic E-state index is 10.6. The Balaban J connectivity index is 3.05. The minimum Gasteiger partial charge on any atom is -0.475 e. The third-order valence-electron chi connectivity index (χ3n) is 1.69. The van der Waals surface area contributed by atoms with Crippen molar-refractivity contribution in [2.24, 2.45) is 0 Å². The van der Waals surface area contributed by atoms with E-state index in [2.05, 4.69) is 0 Å². The normalized spacial score (nSPS) is 9.54. The fourth-order valence-corrected chi connectivity index (χ4v) is 1.09. The lowest BCUT2D eigenvalue weighted by Gasteiger charge is -1.90. The molecule has 0 aliphatic heterocycles. The quantitative estimate of drug-likeness (QED) is 0.764. The lowest BCUT2D eigenvalue weighted by molar-refractivity contribution is 0.0659. The van der Waals surface area contributed by atoms with Gasteiger partial charge in [0.25, 0.3) is 0 Å². The van der Waals surface area contributed by atoms with Crippen LogP contribution >= 0.6 is 0 Å². The van der Waals surface area contributed by atoms with Gasteiger partial charge in [-0.05, 0) is 12.5 Å². The van der Waals surface area contributed by atoms with Gasteiger partial charge >= 0.3 is 5.97 Å². The van der Waals surface area contributed by atoms with Crippen molar-refractivity contribution in [3.05, 3.63) is 23.2 Å². The molecule has 0 fully saturated rings. The van der Waals surface area contributed by atoms with E-state index in [9.17, 15) is 4.79 Å². The number of furan rings is 1. The van der Waals surface area contributed by atoms with Crippen LogP contribution in [0, 0.1) is 11.3 Å². The van der Waals surface area contributed by atoms with Gasteiger partial charge in [-0.15, -0.1) is 0 Å². The highest BCUT2D eigenvalue weighted by molar-refractivity contribution is 5.86. The van der Waals surface area contributed by atoms with Gasteiger partial charge in [-0.3, -0.25) is 0 Å². The van der Waals surface area contributed by atoms with E-state index in [1.54, 1.807) is 6.07 Å². The molecule has 0 saturated heterocycles. The summed E-state index contributed by atoms with van der Waals surface area (Å²) >= 11 is 0. The second kappa shape index (κ2) is 3.76. The van der Waals surface area contributed by atoms with Crippen LogP contribution in [0.15, 0.2) is 10.5 Å². The number of carboxylic acid groups (broad SMARTS) is 1. The van der Waals surface area contributed by atoms with Gasteiger partial charge in [0, 0.05) is 5.56 Å². The van der Waals surface area contributed by atoms with Gasteiger partial charge < -0.3 is 9.52 Å². The molecule has 4 nitrogen and oxygen atoms in total. The van der Waals surface area contributed by atoms with Crippen LogP contribution in [0.2, 0.25) is 0 Å². The summed E-state index contributed by atoms with van der Waals surface area (Å²) < 4.78 is 4.99. The van der Waals surface area contributed by atoms with E-state index < -0.39 is 5.97 Å². The van der Waals surface area contributed by atoms with E-state index in [1.807, 2.05) is 13.0 Å². The van der Waals surface area contributed by atoms with E-state index in [0.29, 0.717) is 17.7 Å². The van der Waals surface area contributed by atoms with Crippen LogP contribution in [0.4, 0.5) is 0 Å². The molecule has 68 valence electrons. The van der Waals surface area contributed by atoms with Gasteiger partial charge in [0.15, 0.2) is 0 Å². The van der Waals surface area contributed by atoms with Gasteiger partial charge in [-0.1, -0.05) is 6.92 Å². The topological polar surface area (TPSA) is 74.2 Å². The Morgan fingerprint density at radius 3 is 2.85 bits per heavy atom. The first kappa shape index (κ1) is 9.33. The number of hydrogen-bond donors (Lipinski definition) is 1. The van der Waals surface area contributed by atoms with Gasteiger partial charge in [-0.2, -0.15) is 5.26 Å². The maximum Gasteiger partial charge on any atom is 0.372 e. The van der Waals surface area contributed by atoms with Crippen molar-refractivity contribution in [3.63, 3.8) is 0 Å². The summed E-state index contributed by atoms with van der Waals surface area (Å²) in [5.74, 6) is -0.717. The Kier molecular flexibility index (Phi) is 2.70. The molecule has 0 bridgehead atoms. The van der Waals surface area contributed by atoms with Crippen molar-refractivity contribution >= 4 is 5.97 Å². The molecule has 1 aromatic heterocycles. The molecule has 0 radical (unpaired) electrons. The van der Waals surface area contributed by atoms with Gasteiger partial charge in [0.2, 0.25) is 5.76 Å². The van der Waals surface area contributed by atoms with Gasteiger partial charge in [-0.25, -0.2) is 4.79 Å². The Bertz CT molecular complexity index is 359. The maximum atomic E-state index is 10.6. The number of rotatable bonds is 3. The molecule has 13 heavy (non-hydrogen) atoms. The number of aromatic carboxylic acids is 1. The first-order valence-electron chi connectivity index (χ1n) is 3.90. The third-order valence-corrected chi connectivity index (χ3v) is 1.69. The predicted octanol–water partition coefficient (Wildman–Crippen LogP) is 1.61. The molecule has 0 amide bonds. The van der Waals surface area contributed by atoms with Crippen molar-refractivity contribution in [1.82, 2.24) is 0 Å². The van der Waals surface area contributed by atoms with Crippen molar-refractivity contribution < 1.29 is 14.3 Å². The molecule has 1 N–H and O–H groups in total. The molecule has 0 aliphatic rings. The first-order valence-corrected chi connectivity index (χ1v) is 3.90. The zero-order valence-electron chi connectivity index (χ0n) is 7.20. The molecule has 0 atom stereocenters. The summed E-state index contributed by atoms with van der Waals surface area (Å²) in [5.41, 5.74) is 0.637. The number of carbonyl (C=O) groups is 1. The molecule has 1 heterocycles. The zero-order valence-corrected chi connectivity index (χ0v) is 7.20. The largest absolute Gasteiger partial charge is 0.475 e. The average molecular weight is 179 g/mol. The van der Waals surface area contributed by atoms with Crippen LogP contribution in [0.5, 0.6) is 0 Å². The van der Waals surface area contributed by atoms with E-state index in [1.165, 1.54) is 0 Å². The summed E-state index contributed by atoms with van der Waals surface area (Å²) in [7, 11) is 0. The van der Waals surface area contributed by atoms with Crippen LogP contribution < -0.4 is 0 Å². The van der Waals surface area contributed by atoms with Crippen LogP contribution in [0.1, 0.15) is 28.8 Å². The molecular formula is C9H9NO3. The molecule has 0 aliphatic carbocycles. The SMILES string of the molecule is CCc1cc(CC#N)oc1C(=O)O. The number of nitrogens with zero attached hydrogens (tertiary/aromatic N) is 1. The van der Waals surface area contributed by atoms with Crippen molar-refractivity contribution in [3.8, 4) is 6.07 Å². The lowest BCUT2D eigenvalue weighted by atomic mass is 10.2. The zero-order chi connectivity index (χ0) is 9.84. The second-order valence-corrected chi connectivity index (χ2v) is 2.56. The van der Waals surface area contributed by atoms with E-state index in [-0.39, 0.29) is 12.2 Å². The van der Waals surface area contributed by atoms with Crippen LogP contribution in [0.25, 0.3) is 0 Å². The van der Waals surface area contributed by atoms with Gasteiger partial charge in [0.1, 0.15) is 5.76 Å². The Morgan fingerprint density at radius 2 is 2.46 bits per heavy atom. The Labute approximate surface area is 75.4 Å². The lowest BCUT2D eigenvalue weighted by Crippen LogP contribution is -1.97. The third kappa shape index (κ3) is 1.88. The summed E-state index contributed by atoms with van der Waals surface area (Å²) in [4.78, 5) is 10.6. The van der Waals surface area contributed by atoms with Crippen LogP contribution in [-0.2, 0) is 12.8 Å². The van der Waals surface area contributed by atoms with E-state index in [0.717, 1.165) is 0 Å². The fraction of sp³-hybridized carbons (Fsp3) is 0.333.